The second kappa shape index (κ2) is 8.62. The van der Waals surface area contributed by atoms with E-state index in [4.69, 9.17) is 23.2 Å². The van der Waals surface area contributed by atoms with E-state index < -0.39 is 5.91 Å². The Kier molecular flexibility index (Phi) is 10.1. The summed E-state index contributed by atoms with van der Waals surface area (Å²) in [6.07, 6.45) is 0. The van der Waals surface area contributed by atoms with Crippen LogP contribution >= 0.6 is 23.2 Å². The molecule has 0 aromatic carbocycles. The minimum Gasteiger partial charge on any atom is -0.369 e. The minimum atomic E-state index is -0.480. The SMILES string of the molecule is CN(C)C(=O)CCl.NC(=O)CCl. The largest absolute Gasteiger partial charge is 0.369 e. The second-order valence-electron chi connectivity index (χ2n) is 2.02. The van der Waals surface area contributed by atoms with Gasteiger partial charge in [-0.3, -0.25) is 9.59 Å². The van der Waals surface area contributed by atoms with E-state index in [2.05, 4.69) is 5.73 Å². The van der Waals surface area contributed by atoms with E-state index in [-0.39, 0.29) is 17.7 Å². The van der Waals surface area contributed by atoms with Crippen LogP contribution in [0.25, 0.3) is 0 Å². The zero-order valence-electron chi connectivity index (χ0n) is 7.01. The Morgan fingerprint density at radius 2 is 1.58 bits per heavy atom. The van der Waals surface area contributed by atoms with Crippen molar-refractivity contribution in [3.63, 3.8) is 0 Å². The van der Waals surface area contributed by atoms with Crippen molar-refractivity contribution in [2.24, 2.45) is 5.73 Å². The van der Waals surface area contributed by atoms with Gasteiger partial charge in [-0.15, -0.1) is 23.2 Å². The van der Waals surface area contributed by atoms with Crippen LogP contribution in [0.2, 0.25) is 0 Å². The van der Waals surface area contributed by atoms with Crippen molar-refractivity contribution in [3.8, 4) is 0 Å². The Labute approximate surface area is 81.6 Å². The van der Waals surface area contributed by atoms with Gasteiger partial charge in [0.05, 0.1) is 0 Å². The third-order valence-electron chi connectivity index (χ3n) is 0.745. The van der Waals surface area contributed by atoms with Crippen molar-refractivity contribution in [1.82, 2.24) is 4.90 Å². The summed E-state index contributed by atoms with van der Waals surface area (Å²) in [6, 6.07) is 0. The van der Waals surface area contributed by atoms with Gasteiger partial charge in [0.1, 0.15) is 11.8 Å². The molecule has 0 aromatic heterocycles. The van der Waals surface area contributed by atoms with Crippen LogP contribution in [0.5, 0.6) is 0 Å². The maximum atomic E-state index is 10.3. The van der Waals surface area contributed by atoms with Gasteiger partial charge < -0.3 is 10.6 Å². The molecule has 0 unspecified atom stereocenters. The molecule has 0 aliphatic heterocycles. The number of alkyl halides is 2. The molecule has 12 heavy (non-hydrogen) atoms. The molecule has 0 aliphatic carbocycles. The zero-order chi connectivity index (χ0) is 10.1. The van der Waals surface area contributed by atoms with E-state index >= 15 is 0 Å². The molecule has 0 saturated heterocycles. The topological polar surface area (TPSA) is 63.4 Å². The van der Waals surface area contributed by atoms with Gasteiger partial charge in [0, 0.05) is 14.1 Å². The van der Waals surface area contributed by atoms with Gasteiger partial charge in [-0.25, -0.2) is 0 Å². The first-order chi connectivity index (χ1) is 5.45. The molecule has 4 nitrogen and oxygen atoms in total. The molecule has 2 amide bonds. The van der Waals surface area contributed by atoms with Crippen LogP contribution in [0.1, 0.15) is 0 Å². The molecule has 0 heterocycles. The molecule has 2 N–H and O–H groups in total. The van der Waals surface area contributed by atoms with Crippen molar-refractivity contribution in [2.45, 2.75) is 0 Å². The van der Waals surface area contributed by atoms with E-state index in [0.29, 0.717) is 0 Å². The van der Waals surface area contributed by atoms with Crippen LogP contribution in [0, 0.1) is 0 Å². The van der Waals surface area contributed by atoms with E-state index in [0.717, 1.165) is 0 Å². The lowest BCUT2D eigenvalue weighted by Gasteiger charge is -2.04. The highest BCUT2D eigenvalue weighted by molar-refractivity contribution is 6.27. The lowest BCUT2D eigenvalue weighted by atomic mass is 10.6. The molecular formula is C6H12Cl2N2O2. The van der Waals surface area contributed by atoms with Gasteiger partial charge in [-0.1, -0.05) is 0 Å². The van der Waals surface area contributed by atoms with Gasteiger partial charge in [0.25, 0.3) is 0 Å². The summed E-state index contributed by atoms with van der Waals surface area (Å²) in [5.41, 5.74) is 4.52. The summed E-state index contributed by atoms with van der Waals surface area (Å²) in [5, 5.41) is 0. The van der Waals surface area contributed by atoms with E-state index in [1.165, 1.54) is 4.90 Å². The summed E-state index contributed by atoms with van der Waals surface area (Å²) < 4.78 is 0. The van der Waals surface area contributed by atoms with E-state index in [1.54, 1.807) is 14.1 Å². The quantitative estimate of drug-likeness (QED) is 0.660. The second-order valence-corrected chi connectivity index (χ2v) is 2.56. The van der Waals surface area contributed by atoms with Crippen molar-refractivity contribution >= 4 is 35.0 Å². The number of rotatable bonds is 2. The third kappa shape index (κ3) is 12.2. The molecule has 0 bridgehead atoms. The molecule has 0 rings (SSSR count). The molecule has 0 atom stereocenters. The molecule has 0 aliphatic rings. The fraction of sp³-hybridized carbons (Fsp3) is 0.667. The number of nitrogens with two attached hydrogens (primary N) is 1. The fourth-order valence-corrected chi connectivity index (χ4v) is 0.359. The standard InChI is InChI=1S/C4H8ClNO.C2H4ClNO/c1-6(2)4(7)3-5;3-1-2(4)5/h3H2,1-2H3;1H2,(H2,4,5). The molecule has 72 valence electrons. The van der Waals surface area contributed by atoms with Gasteiger partial charge in [0.15, 0.2) is 0 Å². The van der Waals surface area contributed by atoms with Crippen molar-refractivity contribution in [3.05, 3.63) is 0 Å². The van der Waals surface area contributed by atoms with Crippen LogP contribution in [-0.2, 0) is 9.59 Å². The lowest BCUT2D eigenvalue weighted by Crippen LogP contribution is -2.22. The number of hydrogen-bond donors (Lipinski definition) is 1. The molecule has 0 aromatic rings. The Morgan fingerprint density at radius 3 is 1.58 bits per heavy atom. The smallest absolute Gasteiger partial charge is 0.236 e. The summed E-state index contributed by atoms with van der Waals surface area (Å²) >= 11 is 10.0. The number of hydrogen-bond acceptors (Lipinski definition) is 2. The Bertz CT molecular complexity index is 150. The van der Waals surface area contributed by atoms with Crippen molar-refractivity contribution in [1.29, 1.82) is 0 Å². The zero-order valence-corrected chi connectivity index (χ0v) is 8.52. The maximum Gasteiger partial charge on any atom is 0.236 e. The number of carbonyl (C=O) groups excluding carboxylic acids is 2. The highest BCUT2D eigenvalue weighted by Gasteiger charge is 1.97. The van der Waals surface area contributed by atoms with Crippen molar-refractivity contribution in [2.75, 3.05) is 25.9 Å². The van der Waals surface area contributed by atoms with Crippen LogP contribution in [-0.4, -0.2) is 42.6 Å². The number of nitrogens with zero attached hydrogens (tertiary/aromatic N) is 1. The molecule has 6 heteroatoms. The van der Waals surface area contributed by atoms with Crippen LogP contribution in [0.4, 0.5) is 0 Å². The number of amides is 2. The van der Waals surface area contributed by atoms with Gasteiger partial charge in [-0.05, 0) is 0 Å². The normalized spacial score (nSPS) is 8.00. The average molecular weight is 215 g/mol. The van der Waals surface area contributed by atoms with Crippen LogP contribution in [0.3, 0.4) is 0 Å². The summed E-state index contributed by atoms with van der Waals surface area (Å²) in [6.45, 7) is 0. The molecule has 0 spiro atoms. The van der Waals surface area contributed by atoms with Gasteiger partial charge in [-0.2, -0.15) is 0 Å². The maximum absolute atomic E-state index is 10.3. The molecule has 0 fully saturated rings. The molecular weight excluding hydrogens is 203 g/mol. The minimum absolute atomic E-state index is 0.0540. The predicted molar refractivity (Wildman–Crippen MR) is 49.3 cm³/mol. The molecule has 0 saturated carbocycles. The first kappa shape index (κ1) is 14.1. The Balaban J connectivity index is 0. The number of carbonyl (C=O) groups is 2. The highest BCUT2D eigenvalue weighted by Crippen LogP contribution is 1.80. The Hall–Kier alpha value is -0.480. The van der Waals surface area contributed by atoms with E-state index in [1.807, 2.05) is 0 Å². The average Bonchev–Trinajstić information content (AvgIpc) is 2.04. The van der Waals surface area contributed by atoms with Crippen molar-refractivity contribution < 1.29 is 9.59 Å². The first-order valence-corrected chi connectivity index (χ1v) is 4.13. The summed E-state index contributed by atoms with van der Waals surface area (Å²) in [4.78, 5) is 21.2. The first-order valence-electron chi connectivity index (χ1n) is 3.06. The van der Waals surface area contributed by atoms with Gasteiger partial charge in [0.2, 0.25) is 11.8 Å². The number of primary amides is 1. The van der Waals surface area contributed by atoms with E-state index in [9.17, 15) is 9.59 Å². The Morgan fingerprint density at radius 1 is 1.25 bits per heavy atom. The van der Waals surface area contributed by atoms with Gasteiger partial charge >= 0.3 is 0 Å². The lowest BCUT2D eigenvalue weighted by molar-refractivity contribution is -0.126. The molecule has 0 radical (unpaired) electrons. The van der Waals surface area contributed by atoms with Crippen LogP contribution in [0.15, 0.2) is 0 Å². The number of halogens is 2. The highest BCUT2D eigenvalue weighted by atomic mass is 35.5. The van der Waals surface area contributed by atoms with Crippen LogP contribution < -0.4 is 5.73 Å². The third-order valence-corrected chi connectivity index (χ3v) is 1.24. The summed E-state index contributed by atoms with van der Waals surface area (Å²) in [5.74, 6) is -0.541. The monoisotopic (exact) mass is 214 g/mol. The summed E-state index contributed by atoms with van der Waals surface area (Å²) in [7, 11) is 3.34. The fourth-order valence-electron chi connectivity index (χ4n) is 0.120. The predicted octanol–water partition coefficient (Wildman–Crippen LogP) is 0.0239.